The zero-order valence-electron chi connectivity index (χ0n) is 14.7. The smallest absolute Gasteiger partial charge is 0.257 e. The maximum Gasteiger partial charge on any atom is 0.257 e. The van der Waals surface area contributed by atoms with Gasteiger partial charge in [0.05, 0.1) is 16.6 Å². The third-order valence-corrected chi connectivity index (χ3v) is 4.19. The minimum atomic E-state index is -0.0703. The van der Waals surface area contributed by atoms with Gasteiger partial charge in [-0.3, -0.25) is 4.79 Å². The highest BCUT2D eigenvalue weighted by Crippen LogP contribution is 2.19. The summed E-state index contributed by atoms with van der Waals surface area (Å²) >= 11 is 0. The number of amides is 1. The first-order valence-electron chi connectivity index (χ1n) is 8.50. The predicted molar refractivity (Wildman–Crippen MR) is 104 cm³/mol. The molecular weight excluding hydrogens is 352 g/mol. The molecule has 26 heavy (non-hydrogen) atoms. The maximum absolute atomic E-state index is 12.9. The summed E-state index contributed by atoms with van der Waals surface area (Å²) in [6, 6.07) is 11.9. The first kappa shape index (κ1) is 19.9. The van der Waals surface area contributed by atoms with Crippen molar-refractivity contribution in [1.82, 2.24) is 15.0 Å². The van der Waals surface area contributed by atoms with Crippen LogP contribution >= 0.6 is 12.4 Å². The maximum atomic E-state index is 12.9. The molecule has 2 aromatic heterocycles. The van der Waals surface area contributed by atoms with Crippen LogP contribution in [0.2, 0.25) is 0 Å². The molecule has 6 nitrogen and oxygen atoms in total. The van der Waals surface area contributed by atoms with E-state index < -0.39 is 0 Å². The molecule has 0 aliphatic heterocycles. The lowest BCUT2D eigenvalue weighted by atomic mass is 10.1. The molecule has 7 heteroatoms. The Balaban J connectivity index is 0.00000243. The fraction of sp³-hybridized carbons (Fsp3) is 0.316. The van der Waals surface area contributed by atoms with Gasteiger partial charge < -0.3 is 15.2 Å². The summed E-state index contributed by atoms with van der Waals surface area (Å²) in [7, 11) is 0. The summed E-state index contributed by atoms with van der Waals surface area (Å²) < 4.78 is 5.18. The van der Waals surface area contributed by atoms with Crippen LogP contribution in [0.1, 0.15) is 28.5 Å². The van der Waals surface area contributed by atoms with E-state index >= 15 is 0 Å². The van der Waals surface area contributed by atoms with Crippen LogP contribution in [0.4, 0.5) is 0 Å². The van der Waals surface area contributed by atoms with Gasteiger partial charge >= 0.3 is 0 Å². The Morgan fingerprint density at radius 2 is 2.00 bits per heavy atom. The average Bonchev–Trinajstić information content (AvgIpc) is 3.07. The largest absolute Gasteiger partial charge is 0.337 e. The lowest BCUT2D eigenvalue weighted by Crippen LogP contribution is -2.37. The van der Waals surface area contributed by atoms with Gasteiger partial charge in [0.1, 0.15) is 0 Å². The van der Waals surface area contributed by atoms with E-state index in [0.717, 1.165) is 23.9 Å². The second kappa shape index (κ2) is 9.31. The highest BCUT2D eigenvalue weighted by atomic mass is 35.5. The molecule has 0 spiro atoms. The molecule has 0 saturated heterocycles. The number of nitrogens with two attached hydrogens (primary N) is 1. The number of fused-ring (bicyclic) bond motifs is 1. The second-order valence-electron chi connectivity index (χ2n) is 5.88. The lowest BCUT2D eigenvalue weighted by molar-refractivity contribution is 0.0762. The quantitative estimate of drug-likeness (QED) is 0.687. The standard InChI is InChI=1S/C19H22N4O2.ClH/c1-2-17-16-12-15(13-21-18(16)25-22-17)19(24)23(11-9-20)10-8-14-6-4-3-5-7-14;/h3-7,12-13H,2,8-11,20H2,1H3;1H. The van der Waals surface area contributed by atoms with Crippen LogP contribution in [0.3, 0.4) is 0 Å². The normalized spacial score (nSPS) is 10.5. The Bertz CT molecular complexity index is 851. The van der Waals surface area contributed by atoms with E-state index in [2.05, 4.69) is 22.3 Å². The predicted octanol–water partition coefficient (Wildman–Crippen LogP) is 2.85. The first-order valence-corrected chi connectivity index (χ1v) is 8.50. The number of pyridine rings is 1. The molecule has 0 fully saturated rings. The van der Waals surface area contributed by atoms with Gasteiger partial charge in [-0.25, -0.2) is 4.98 Å². The van der Waals surface area contributed by atoms with E-state index in [0.29, 0.717) is 30.9 Å². The topological polar surface area (TPSA) is 85.2 Å². The molecule has 1 amide bonds. The zero-order valence-corrected chi connectivity index (χ0v) is 15.5. The number of nitrogens with zero attached hydrogens (tertiary/aromatic N) is 3. The Morgan fingerprint density at radius 1 is 1.23 bits per heavy atom. The van der Waals surface area contributed by atoms with Crippen LogP contribution in [-0.4, -0.2) is 40.6 Å². The molecule has 3 aromatic rings. The van der Waals surface area contributed by atoms with E-state index in [1.807, 2.05) is 31.2 Å². The van der Waals surface area contributed by atoms with Crippen LogP contribution < -0.4 is 5.73 Å². The number of rotatable bonds is 7. The summed E-state index contributed by atoms with van der Waals surface area (Å²) in [5.41, 5.74) is 8.70. The van der Waals surface area contributed by atoms with E-state index in [4.69, 9.17) is 10.3 Å². The molecule has 3 rings (SSSR count). The SMILES string of the molecule is CCc1noc2ncc(C(=O)N(CCN)CCc3ccccc3)cc12.Cl. The van der Waals surface area contributed by atoms with Gasteiger partial charge in [0, 0.05) is 25.8 Å². The molecule has 0 unspecified atom stereocenters. The fourth-order valence-electron chi connectivity index (χ4n) is 2.81. The van der Waals surface area contributed by atoms with E-state index in [1.54, 1.807) is 11.1 Å². The van der Waals surface area contributed by atoms with Gasteiger partial charge in [-0.1, -0.05) is 42.4 Å². The summed E-state index contributed by atoms with van der Waals surface area (Å²) in [5.74, 6) is -0.0703. The number of carbonyl (C=O) groups excluding carboxylic acids is 1. The summed E-state index contributed by atoms with van der Waals surface area (Å²) in [6.07, 6.45) is 3.06. The van der Waals surface area contributed by atoms with Crippen LogP contribution in [0.5, 0.6) is 0 Å². The molecule has 2 N–H and O–H groups in total. The van der Waals surface area contributed by atoms with Crippen molar-refractivity contribution < 1.29 is 9.32 Å². The van der Waals surface area contributed by atoms with Crippen molar-refractivity contribution in [2.45, 2.75) is 19.8 Å². The number of hydrogen-bond acceptors (Lipinski definition) is 5. The molecule has 0 radical (unpaired) electrons. The van der Waals surface area contributed by atoms with Crippen LogP contribution in [-0.2, 0) is 12.8 Å². The van der Waals surface area contributed by atoms with Gasteiger partial charge in [-0.2, -0.15) is 0 Å². The highest BCUT2D eigenvalue weighted by molar-refractivity contribution is 5.97. The first-order chi connectivity index (χ1) is 12.2. The number of aryl methyl sites for hydroxylation is 1. The summed E-state index contributed by atoms with van der Waals surface area (Å²) in [5, 5.41) is 4.78. The highest BCUT2D eigenvalue weighted by Gasteiger charge is 2.18. The van der Waals surface area contributed by atoms with E-state index in [-0.39, 0.29) is 18.3 Å². The zero-order chi connectivity index (χ0) is 17.6. The van der Waals surface area contributed by atoms with E-state index in [9.17, 15) is 4.79 Å². The average molecular weight is 375 g/mol. The Labute approximate surface area is 158 Å². The van der Waals surface area contributed by atoms with Gasteiger partial charge in [-0.05, 0) is 24.5 Å². The molecule has 0 saturated carbocycles. The Morgan fingerprint density at radius 3 is 2.69 bits per heavy atom. The van der Waals surface area contributed by atoms with Crippen molar-refractivity contribution >= 4 is 29.4 Å². The molecule has 0 aliphatic rings. The fourth-order valence-corrected chi connectivity index (χ4v) is 2.81. The molecular formula is C19H23ClN4O2. The van der Waals surface area contributed by atoms with Crippen molar-refractivity contribution in [3.63, 3.8) is 0 Å². The van der Waals surface area contributed by atoms with Gasteiger partial charge in [-0.15, -0.1) is 12.4 Å². The van der Waals surface area contributed by atoms with Crippen LogP contribution in [0.15, 0.2) is 47.1 Å². The summed E-state index contributed by atoms with van der Waals surface area (Å²) in [4.78, 5) is 18.9. The third kappa shape index (κ3) is 4.39. The number of halogens is 1. The van der Waals surface area contributed by atoms with Crippen molar-refractivity contribution in [2.24, 2.45) is 5.73 Å². The monoisotopic (exact) mass is 374 g/mol. The molecule has 0 atom stereocenters. The van der Waals surface area contributed by atoms with Crippen molar-refractivity contribution in [3.8, 4) is 0 Å². The molecule has 2 heterocycles. The summed E-state index contributed by atoms with van der Waals surface area (Å²) in [6.45, 7) is 3.53. The van der Waals surface area contributed by atoms with Gasteiger partial charge in [0.2, 0.25) is 0 Å². The number of hydrogen-bond donors (Lipinski definition) is 1. The molecule has 0 aliphatic carbocycles. The molecule has 0 bridgehead atoms. The number of aromatic nitrogens is 2. The van der Waals surface area contributed by atoms with Crippen LogP contribution in [0, 0.1) is 0 Å². The minimum Gasteiger partial charge on any atom is -0.337 e. The van der Waals surface area contributed by atoms with Gasteiger partial charge in [0.25, 0.3) is 11.6 Å². The third-order valence-electron chi connectivity index (χ3n) is 4.19. The van der Waals surface area contributed by atoms with Crippen molar-refractivity contribution in [1.29, 1.82) is 0 Å². The van der Waals surface area contributed by atoms with E-state index in [1.165, 1.54) is 5.56 Å². The molecule has 138 valence electrons. The lowest BCUT2D eigenvalue weighted by Gasteiger charge is -2.22. The van der Waals surface area contributed by atoms with Crippen molar-refractivity contribution in [3.05, 3.63) is 59.4 Å². The van der Waals surface area contributed by atoms with Crippen molar-refractivity contribution in [2.75, 3.05) is 19.6 Å². The minimum absolute atomic E-state index is 0. The Kier molecular flexibility index (Phi) is 7.12. The van der Waals surface area contributed by atoms with Gasteiger partial charge in [0.15, 0.2) is 0 Å². The second-order valence-corrected chi connectivity index (χ2v) is 5.88. The molecule has 1 aromatic carbocycles. The van der Waals surface area contributed by atoms with Crippen LogP contribution in [0.25, 0.3) is 11.1 Å². The number of benzene rings is 1. The number of carbonyl (C=O) groups is 1. The Hall–Kier alpha value is -2.44.